The van der Waals surface area contributed by atoms with Gasteiger partial charge in [0.25, 0.3) is 0 Å². The molecule has 5 heteroatoms. The minimum absolute atomic E-state index is 0.334. The lowest BCUT2D eigenvalue weighted by Crippen LogP contribution is -2.42. The molecule has 17 heavy (non-hydrogen) atoms. The van der Waals surface area contributed by atoms with Crippen molar-refractivity contribution in [3.8, 4) is 0 Å². The van der Waals surface area contributed by atoms with E-state index in [2.05, 4.69) is 36.9 Å². The van der Waals surface area contributed by atoms with Crippen LogP contribution in [0, 0.1) is 0 Å². The van der Waals surface area contributed by atoms with E-state index in [1.807, 2.05) is 20.8 Å². The standard InChI is InChI=1S/C12H28N2O2Si/c1-12(2,3)16-11(15)13-8-9-14(4)10-17(5,6)7/h8-10H2,1-7H3,(H,13,15). The van der Waals surface area contributed by atoms with Gasteiger partial charge in [-0.1, -0.05) is 19.6 Å². The van der Waals surface area contributed by atoms with E-state index in [1.165, 1.54) is 0 Å². The van der Waals surface area contributed by atoms with E-state index in [1.54, 1.807) is 0 Å². The van der Waals surface area contributed by atoms with E-state index < -0.39 is 13.7 Å². The molecule has 0 fully saturated rings. The van der Waals surface area contributed by atoms with Gasteiger partial charge in [0.15, 0.2) is 0 Å². The number of ether oxygens (including phenoxy) is 1. The topological polar surface area (TPSA) is 41.6 Å². The average molecular weight is 260 g/mol. The molecule has 0 aliphatic heterocycles. The molecule has 0 aromatic rings. The monoisotopic (exact) mass is 260 g/mol. The molecule has 0 bridgehead atoms. The van der Waals surface area contributed by atoms with Gasteiger partial charge >= 0.3 is 6.09 Å². The van der Waals surface area contributed by atoms with Gasteiger partial charge in [-0.2, -0.15) is 0 Å². The number of hydrogen-bond acceptors (Lipinski definition) is 3. The third kappa shape index (κ3) is 11.7. The van der Waals surface area contributed by atoms with E-state index in [4.69, 9.17) is 4.74 Å². The maximum atomic E-state index is 11.4. The molecule has 102 valence electrons. The van der Waals surface area contributed by atoms with Crippen LogP contribution >= 0.6 is 0 Å². The van der Waals surface area contributed by atoms with Crippen LogP contribution in [0.1, 0.15) is 20.8 Å². The zero-order valence-electron chi connectivity index (χ0n) is 12.4. The van der Waals surface area contributed by atoms with Crippen LogP contribution in [0.5, 0.6) is 0 Å². The van der Waals surface area contributed by atoms with Crippen LogP contribution in [0.2, 0.25) is 19.6 Å². The Bertz CT molecular complexity index is 244. The van der Waals surface area contributed by atoms with Crippen LogP contribution in [0.25, 0.3) is 0 Å². The van der Waals surface area contributed by atoms with Crippen molar-refractivity contribution in [2.75, 3.05) is 26.3 Å². The number of rotatable bonds is 5. The molecule has 0 aromatic carbocycles. The summed E-state index contributed by atoms with van der Waals surface area (Å²) in [7, 11) is 1.04. The fourth-order valence-electron chi connectivity index (χ4n) is 1.55. The second-order valence-corrected chi connectivity index (χ2v) is 12.2. The molecule has 1 amide bonds. The molecule has 0 aromatic heterocycles. The summed E-state index contributed by atoms with van der Waals surface area (Å²) in [6.07, 6.45) is 0.808. The number of alkyl carbamates (subject to hydrolysis) is 1. The summed E-state index contributed by atoms with van der Waals surface area (Å²) in [4.78, 5) is 13.6. The summed E-state index contributed by atoms with van der Waals surface area (Å²) in [5.41, 5.74) is -0.422. The lowest BCUT2D eigenvalue weighted by atomic mass is 10.2. The minimum Gasteiger partial charge on any atom is -0.444 e. The molecule has 0 atom stereocenters. The van der Waals surface area contributed by atoms with Gasteiger partial charge in [0, 0.05) is 13.1 Å². The highest BCUT2D eigenvalue weighted by Crippen LogP contribution is 2.06. The van der Waals surface area contributed by atoms with Crippen LogP contribution in [-0.4, -0.2) is 51.0 Å². The number of nitrogens with one attached hydrogen (secondary N) is 1. The van der Waals surface area contributed by atoms with Crippen LogP contribution in [0.3, 0.4) is 0 Å². The van der Waals surface area contributed by atoms with E-state index in [0.717, 1.165) is 12.7 Å². The number of carbonyl (C=O) groups excluding carboxylic acids is 1. The fourth-order valence-corrected chi connectivity index (χ4v) is 3.33. The van der Waals surface area contributed by atoms with Crippen LogP contribution in [-0.2, 0) is 4.74 Å². The van der Waals surface area contributed by atoms with Crippen molar-refractivity contribution in [1.82, 2.24) is 10.2 Å². The molecule has 0 radical (unpaired) electrons. The first kappa shape index (κ1) is 16.4. The van der Waals surface area contributed by atoms with E-state index in [0.29, 0.717) is 6.54 Å². The second kappa shape index (κ2) is 6.40. The quantitative estimate of drug-likeness (QED) is 0.771. The van der Waals surface area contributed by atoms with Gasteiger partial charge in [0.1, 0.15) is 5.60 Å². The summed E-state index contributed by atoms with van der Waals surface area (Å²) in [5.74, 6) is 0. The van der Waals surface area contributed by atoms with Gasteiger partial charge in [-0.05, 0) is 34.0 Å². The third-order valence-electron chi connectivity index (χ3n) is 1.91. The van der Waals surface area contributed by atoms with E-state index in [9.17, 15) is 4.79 Å². The minimum atomic E-state index is -1.05. The number of likely N-dealkylation sites (N-methyl/N-ethyl adjacent to an activating group) is 1. The lowest BCUT2D eigenvalue weighted by Gasteiger charge is -2.25. The van der Waals surface area contributed by atoms with Crippen molar-refractivity contribution in [1.29, 1.82) is 0 Å². The van der Waals surface area contributed by atoms with Gasteiger partial charge < -0.3 is 15.0 Å². The maximum absolute atomic E-state index is 11.4. The summed E-state index contributed by atoms with van der Waals surface area (Å²) in [5, 5.41) is 2.77. The second-order valence-electron chi connectivity index (χ2n) is 6.73. The molecule has 0 rings (SSSR count). The van der Waals surface area contributed by atoms with Crippen molar-refractivity contribution in [2.45, 2.75) is 46.0 Å². The molecule has 0 heterocycles. The first-order valence-electron chi connectivity index (χ1n) is 6.15. The first-order valence-corrected chi connectivity index (χ1v) is 9.86. The maximum Gasteiger partial charge on any atom is 0.407 e. The number of amides is 1. The molecule has 0 saturated heterocycles. The first-order chi connectivity index (χ1) is 7.49. The SMILES string of the molecule is CN(CCNC(=O)OC(C)(C)C)C[Si](C)(C)C. The Morgan fingerprint density at radius 3 is 2.24 bits per heavy atom. The molecule has 1 N–H and O–H groups in total. The van der Waals surface area contributed by atoms with Crippen LogP contribution in [0.4, 0.5) is 4.79 Å². The highest BCUT2D eigenvalue weighted by molar-refractivity contribution is 6.76. The molecule has 0 unspecified atom stereocenters. The molecule has 4 nitrogen and oxygen atoms in total. The number of carbonyl (C=O) groups is 1. The normalized spacial score (nSPS) is 12.7. The molecular formula is C12H28N2O2Si. The average Bonchev–Trinajstić information content (AvgIpc) is 1.95. The van der Waals surface area contributed by atoms with Crippen LogP contribution < -0.4 is 5.32 Å². The summed E-state index contributed by atoms with van der Waals surface area (Å²) in [6.45, 7) is 14.1. The van der Waals surface area contributed by atoms with Crippen LogP contribution in [0.15, 0.2) is 0 Å². The summed E-state index contributed by atoms with van der Waals surface area (Å²) >= 11 is 0. The van der Waals surface area contributed by atoms with Crippen molar-refractivity contribution in [3.05, 3.63) is 0 Å². The Morgan fingerprint density at radius 2 is 1.82 bits per heavy atom. The van der Waals surface area contributed by atoms with Gasteiger partial charge in [0.2, 0.25) is 0 Å². The van der Waals surface area contributed by atoms with Crippen molar-refractivity contribution >= 4 is 14.2 Å². The number of hydrogen-bond donors (Lipinski definition) is 1. The van der Waals surface area contributed by atoms with Crippen molar-refractivity contribution in [2.24, 2.45) is 0 Å². The predicted octanol–water partition coefficient (Wildman–Crippen LogP) is 2.32. The Hall–Kier alpha value is -0.553. The van der Waals surface area contributed by atoms with E-state index in [-0.39, 0.29) is 6.09 Å². The van der Waals surface area contributed by atoms with Gasteiger partial charge in [-0.25, -0.2) is 4.79 Å². The summed E-state index contributed by atoms with van der Waals surface area (Å²) < 4.78 is 5.16. The zero-order chi connectivity index (χ0) is 13.7. The molecular weight excluding hydrogens is 232 g/mol. The fraction of sp³-hybridized carbons (Fsp3) is 0.917. The van der Waals surface area contributed by atoms with Crippen molar-refractivity contribution in [3.63, 3.8) is 0 Å². The highest BCUT2D eigenvalue weighted by atomic mass is 28.3. The lowest BCUT2D eigenvalue weighted by molar-refractivity contribution is 0.0524. The third-order valence-corrected chi connectivity index (χ3v) is 3.39. The molecule has 0 aliphatic carbocycles. The Morgan fingerprint density at radius 1 is 1.29 bits per heavy atom. The Balaban J connectivity index is 3.74. The highest BCUT2D eigenvalue weighted by Gasteiger charge is 2.17. The molecule has 0 spiro atoms. The largest absolute Gasteiger partial charge is 0.444 e. The smallest absolute Gasteiger partial charge is 0.407 e. The zero-order valence-corrected chi connectivity index (χ0v) is 13.4. The van der Waals surface area contributed by atoms with E-state index >= 15 is 0 Å². The summed E-state index contributed by atoms with van der Waals surface area (Å²) in [6, 6.07) is 0. The van der Waals surface area contributed by atoms with Crippen molar-refractivity contribution < 1.29 is 9.53 Å². The Kier molecular flexibility index (Phi) is 6.19. The molecule has 0 aliphatic rings. The van der Waals surface area contributed by atoms with Gasteiger partial charge in [-0.15, -0.1) is 0 Å². The predicted molar refractivity (Wildman–Crippen MR) is 75.1 cm³/mol. The number of nitrogens with zero attached hydrogens (tertiary/aromatic N) is 1. The van der Waals surface area contributed by atoms with Gasteiger partial charge in [0.05, 0.1) is 8.07 Å². The molecule has 0 saturated carbocycles. The van der Waals surface area contributed by atoms with Gasteiger partial charge in [-0.3, -0.25) is 0 Å². The Labute approximate surface area is 107 Å².